The third kappa shape index (κ3) is 10.0. The predicted molar refractivity (Wildman–Crippen MR) is 66.6 cm³/mol. The molecule has 0 aliphatic carbocycles. The summed E-state index contributed by atoms with van der Waals surface area (Å²) in [7, 11) is -19.8. The molecular weight excluding hydrogens is 495 g/mol. The van der Waals surface area contributed by atoms with Crippen LogP contribution in [-0.4, -0.2) is 67.5 Å². The zero-order valence-electron chi connectivity index (χ0n) is 12.5. The number of halogens is 9. The second-order valence-corrected chi connectivity index (χ2v) is 10.4. The highest BCUT2D eigenvalue weighted by Crippen LogP contribution is 2.28. The lowest BCUT2D eigenvalue weighted by Gasteiger charge is -2.19. The first kappa shape index (κ1) is 27.1. The molecule has 0 atom stereocenters. The number of hydrogen-bond donors (Lipinski definition) is 0. The minimum atomic E-state index is -6.59. The minimum Gasteiger partial charge on any atom is -0.259 e. The zero-order chi connectivity index (χ0) is 22.8. The van der Waals surface area contributed by atoms with Gasteiger partial charge >= 0.3 is 52.8 Å². The van der Waals surface area contributed by atoms with Gasteiger partial charge in [0.15, 0.2) is 19.8 Å². The van der Waals surface area contributed by atoms with Gasteiger partial charge in [-0.25, -0.2) is 0 Å². The largest absolute Gasteiger partial charge is 0.413 e. The monoisotopic (exact) mass is 502 g/mol. The Morgan fingerprint density at radius 2 is 0.679 bits per heavy atom. The van der Waals surface area contributed by atoms with Gasteiger partial charge in [-0.1, -0.05) is 0 Å². The van der Waals surface area contributed by atoms with E-state index in [2.05, 4.69) is 12.5 Å². The van der Waals surface area contributed by atoms with Crippen LogP contribution in [0.4, 0.5) is 39.5 Å². The molecule has 0 saturated carbocycles. The Kier molecular flexibility index (Phi) is 8.18. The van der Waals surface area contributed by atoms with E-state index in [4.69, 9.17) is 0 Å². The van der Waals surface area contributed by atoms with Crippen molar-refractivity contribution in [1.29, 1.82) is 0 Å². The Hall–Kier alpha value is -0.900. The SMILES string of the molecule is O=S(=O)(OCC(F)(F)F)C(S(=O)(=O)OCC(F)(F)F)S(=O)(=O)OCC(F)(F)F. The van der Waals surface area contributed by atoms with Crippen LogP contribution in [-0.2, 0) is 42.9 Å². The van der Waals surface area contributed by atoms with E-state index in [1.54, 1.807) is 0 Å². The zero-order valence-corrected chi connectivity index (χ0v) is 14.9. The fourth-order valence-corrected chi connectivity index (χ4v) is 6.74. The Morgan fingerprint density at radius 3 is 0.821 bits per heavy atom. The van der Waals surface area contributed by atoms with Gasteiger partial charge in [0.25, 0.3) is 0 Å². The molecule has 0 bridgehead atoms. The van der Waals surface area contributed by atoms with Crippen LogP contribution in [0.1, 0.15) is 0 Å². The number of rotatable bonds is 9. The van der Waals surface area contributed by atoms with E-state index in [9.17, 15) is 64.8 Å². The summed E-state index contributed by atoms with van der Waals surface area (Å²) in [4.78, 5) is 0. The predicted octanol–water partition coefficient (Wildman–Crippen LogP) is 0.996. The van der Waals surface area contributed by atoms with Crippen molar-refractivity contribution in [1.82, 2.24) is 0 Å². The van der Waals surface area contributed by atoms with Gasteiger partial charge in [0, 0.05) is 0 Å². The van der Waals surface area contributed by atoms with E-state index in [1.807, 2.05) is 0 Å². The number of alkyl halides is 9. The molecule has 0 amide bonds. The lowest BCUT2D eigenvalue weighted by atomic mass is 10.7. The molecular formula is C7H7F9O9S3. The van der Waals surface area contributed by atoms with Gasteiger partial charge in [-0.3, -0.25) is 12.5 Å². The van der Waals surface area contributed by atoms with Crippen molar-refractivity contribution in [3.05, 3.63) is 0 Å². The smallest absolute Gasteiger partial charge is 0.259 e. The standard InChI is InChI=1S/C7H7F9O9S3/c8-5(9,10)1-23-26(17,18)4(27(19,20)24-2-6(11,12)13)28(21,22)25-3-7(14,15)16/h4H,1-3H2. The van der Waals surface area contributed by atoms with E-state index in [-0.39, 0.29) is 0 Å². The van der Waals surface area contributed by atoms with Gasteiger partial charge in [-0.05, 0) is 0 Å². The second kappa shape index (κ2) is 8.45. The summed E-state index contributed by atoms with van der Waals surface area (Å²) in [5.74, 6) is 0. The molecule has 0 unspecified atom stereocenters. The summed E-state index contributed by atoms with van der Waals surface area (Å²) in [5.41, 5.74) is 0. The fourth-order valence-electron chi connectivity index (χ4n) is 1.05. The molecule has 0 spiro atoms. The van der Waals surface area contributed by atoms with Crippen LogP contribution >= 0.6 is 0 Å². The van der Waals surface area contributed by atoms with Crippen molar-refractivity contribution in [2.75, 3.05) is 19.8 Å². The molecule has 0 saturated heterocycles. The highest BCUT2D eigenvalue weighted by Gasteiger charge is 2.54. The van der Waals surface area contributed by atoms with Gasteiger partial charge in [0.2, 0.25) is 0 Å². The summed E-state index contributed by atoms with van der Waals surface area (Å²) in [6, 6.07) is 0. The van der Waals surface area contributed by atoms with Crippen LogP contribution < -0.4 is 0 Å². The Bertz CT molecular complexity index is 721. The summed E-state index contributed by atoms with van der Waals surface area (Å²) >= 11 is 0. The van der Waals surface area contributed by atoms with Crippen LogP contribution in [0.15, 0.2) is 0 Å². The van der Waals surface area contributed by atoms with Crippen molar-refractivity contribution in [2.45, 2.75) is 22.4 Å². The Labute approximate surface area is 150 Å². The van der Waals surface area contributed by atoms with Crippen LogP contribution in [0, 0.1) is 0 Å². The third-order valence-corrected chi connectivity index (χ3v) is 8.86. The summed E-state index contributed by atoms with van der Waals surface area (Å²) < 4.78 is 182. The molecule has 0 aromatic carbocycles. The van der Waals surface area contributed by atoms with E-state index < -0.39 is 72.6 Å². The summed E-state index contributed by atoms with van der Waals surface area (Å²) in [6.07, 6.45) is -16.6. The quantitative estimate of drug-likeness (QED) is 0.335. The molecule has 0 aromatic rings. The lowest BCUT2D eigenvalue weighted by Crippen LogP contribution is -2.43. The minimum absolute atomic E-state index is 2.87. The van der Waals surface area contributed by atoms with E-state index in [1.165, 1.54) is 0 Å². The highest BCUT2D eigenvalue weighted by atomic mass is 32.3. The van der Waals surface area contributed by atoms with Gasteiger partial charge in [-0.15, -0.1) is 0 Å². The van der Waals surface area contributed by atoms with Gasteiger partial charge in [0.1, 0.15) is 0 Å². The molecule has 28 heavy (non-hydrogen) atoms. The molecule has 0 fully saturated rings. The molecule has 0 aliphatic rings. The first-order valence-electron chi connectivity index (χ1n) is 5.83. The highest BCUT2D eigenvalue weighted by molar-refractivity contribution is 8.20. The molecule has 0 aliphatic heterocycles. The molecule has 0 N–H and O–H groups in total. The van der Waals surface area contributed by atoms with Crippen molar-refractivity contribution in [2.24, 2.45) is 0 Å². The lowest BCUT2D eigenvalue weighted by molar-refractivity contribution is -0.152. The van der Waals surface area contributed by atoms with Gasteiger partial charge < -0.3 is 0 Å². The molecule has 0 rings (SSSR count). The summed E-state index contributed by atoms with van der Waals surface area (Å²) in [5, 5.41) is 0. The molecule has 0 radical (unpaired) electrons. The van der Waals surface area contributed by atoms with Gasteiger partial charge in [-0.2, -0.15) is 64.8 Å². The van der Waals surface area contributed by atoms with Crippen molar-refractivity contribution >= 4 is 30.4 Å². The topological polar surface area (TPSA) is 130 Å². The normalized spacial score (nSPS) is 15.2. The maximum atomic E-state index is 12.0. The fraction of sp³-hybridized carbons (Fsp3) is 1.00. The van der Waals surface area contributed by atoms with Crippen molar-refractivity contribution in [3.8, 4) is 0 Å². The average molecular weight is 502 g/mol. The van der Waals surface area contributed by atoms with Crippen molar-refractivity contribution in [3.63, 3.8) is 0 Å². The van der Waals surface area contributed by atoms with E-state index in [0.717, 1.165) is 0 Å². The van der Waals surface area contributed by atoms with E-state index >= 15 is 0 Å². The molecule has 170 valence electrons. The molecule has 9 nitrogen and oxygen atoms in total. The number of hydrogen-bond acceptors (Lipinski definition) is 9. The third-order valence-electron chi connectivity index (χ3n) is 1.87. The first-order valence-corrected chi connectivity index (χ1v) is 10.2. The molecule has 21 heteroatoms. The Morgan fingerprint density at radius 1 is 0.500 bits per heavy atom. The Balaban J connectivity index is 6.11. The van der Waals surface area contributed by atoms with Crippen molar-refractivity contribution < 1.29 is 77.3 Å². The van der Waals surface area contributed by atoms with Gasteiger partial charge in [0.05, 0.1) is 0 Å². The maximum Gasteiger partial charge on any atom is 0.413 e. The molecule has 0 heterocycles. The van der Waals surface area contributed by atoms with Crippen LogP contribution in [0.3, 0.4) is 0 Å². The van der Waals surface area contributed by atoms with Crippen LogP contribution in [0.25, 0.3) is 0 Å². The van der Waals surface area contributed by atoms with Crippen LogP contribution in [0.5, 0.6) is 0 Å². The van der Waals surface area contributed by atoms with E-state index in [0.29, 0.717) is 0 Å². The van der Waals surface area contributed by atoms with Crippen LogP contribution in [0.2, 0.25) is 0 Å². The molecule has 0 aromatic heterocycles. The average Bonchev–Trinajstić information content (AvgIpc) is 2.38. The maximum absolute atomic E-state index is 12.0. The first-order chi connectivity index (χ1) is 12.0. The summed E-state index contributed by atoms with van der Waals surface area (Å²) in [6.45, 7) is -8.60. The second-order valence-electron chi connectivity index (χ2n) is 4.40.